The monoisotopic (exact) mass is 222 g/mol. The van der Waals surface area contributed by atoms with Crippen LogP contribution < -0.4 is 0 Å². The third-order valence-electron chi connectivity index (χ3n) is 3.00. The van der Waals surface area contributed by atoms with E-state index < -0.39 is 17.5 Å². The van der Waals surface area contributed by atoms with E-state index in [2.05, 4.69) is 0 Å². The summed E-state index contributed by atoms with van der Waals surface area (Å²) in [6.45, 7) is 5.51. The number of aryl methyl sites for hydroxylation is 1. The number of aliphatic hydroxyl groups is 1. The lowest BCUT2D eigenvalue weighted by Crippen LogP contribution is -2.39. The highest BCUT2D eigenvalue weighted by atomic mass is 16.4. The quantitative estimate of drug-likeness (QED) is 0.819. The minimum absolute atomic E-state index is 0.781. The van der Waals surface area contributed by atoms with E-state index in [1.165, 1.54) is 0 Å². The molecule has 0 aliphatic rings. The van der Waals surface area contributed by atoms with Gasteiger partial charge in [0.1, 0.15) is 0 Å². The van der Waals surface area contributed by atoms with Crippen LogP contribution in [0.5, 0.6) is 0 Å². The second-order valence-electron chi connectivity index (χ2n) is 4.52. The second kappa shape index (κ2) is 4.66. The summed E-state index contributed by atoms with van der Waals surface area (Å²) in [6, 6.07) is 7.69. The fourth-order valence-electron chi connectivity index (χ4n) is 1.66. The largest absolute Gasteiger partial charge is 0.479 e. The van der Waals surface area contributed by atoms with Crippen LogP contribution in [0.4, 0.5) is 0 Å². The molecule has 3 nitrogen and oxygen atoms in total. The van der Waals surface area contributed by atoms with Gasteiger partial charge in [0.15, 0.2) is 6.10 Å². The van der Waals surface area contributed by atoms with Crippen LogP contribution in [0.3, 0.4) is 0 Å². The van der Waals surface area contributed by atoms with Gasteiger partial charge in [-0.1, -0.05) is 45.0 Å². The van der Waals surface area contributed by atoms with E-state index in [1.54, 1.807) is 13.8 Å². The zero-order valence-corrected chi connectivity index (χ0v) is 9.90. The molecule has 1 rings (SSSR count). The highest BCUT2D eigenvalue weighted by molar-refractivity contribution is 5.74. The van der Waals surface area contributed by atoms with E-state index in [1.807, 2.05) is 31.2 Å². The van der Waals surface area contributed by atoms with Crippen molar-refractivity contribution in [1.29, 1.82) is 0 Å². The number of benzene rings is 1. The number of aliphatic carboxylic acids is 1. The average molecular weight is 222 g/mol. The van der Waals surface area contributed by atoms with Crippen molar-refractivity contribution in [3.63, 3.8) is 0 Å². The van der Waals surface area contributed by atoms with Gasteiger partial charge in [-0.25, -0.2) is 4.79 Å². The highest BCUT2D eigenvalue weighted by Gasteiger charge is 2.35. The van der Waals surface area contributed by atoms with Crippen molar-refractivity contribution >= 4 is 5.97 Å². The molecule has 0 aliphatic carbocycles. The Morgan fingerprint density at radius 3 is 2.56 bits per heavy atom. The molecule has 1 aromatic carbocycles. The maximum atomic E-state index is 10.8. The van der Waals surface area contributed by atoms with Gasteiger partial charge in [0, 0.05) is 5.41 Å². The molecule has 16 heavy (non-hydrogen) atoms. The molecule has 0 fully saturated rings. The van der Waals surface area contributed by atoms with Gasteiger partial charge in [0.25, 0.3) is 0 Å². The zero-order chi connectivity index (χ0) is 12.3. The number of carboxylic acids is 1. The first kappa shape index (κ1) is 12.7. The van der Waals surface area contributed by atoms with Crippen LogP contribution in [0.25, 0.3) is 0 Å². The Hall–Kier alpha value is -1.35. The zero-order valence-electron chi connectivity index (χ0n) is 9.90. The predicted molar refractivity (Wildman–Crippen MR) is 62.5 cm³/mol. The summed E-state index contributed by atoms with van der Waals surface area (Å²) in [6.07, 6.45) is -0.493. The van der Waals surface area contributed by atoms with Gasteiger partial charge in [-0.2, -0.15) is 0 Å². The third kappa shape index (κ3) is 2.42. The maximum absolute atomic E-state index is 10.8. The number of rotatable bonds is 4. The number of hydrogen-bond donors (Lipinski definition) is 2. The van der Waals surface area contributed by atoms with Gasteiger partial charge in [-0.05, 0) is 17.5 Å². The molecule has 0 saturated heterocycles. The highest BCUT2D eigenvalue weighted by Crippen LogP contribution is 2.28. The first-order chi connectivity index (χ1) is 7.39. The van der Waals surface area contributed by atoms with E-state index in [9.17, 15) is 9.90 Å². The van der Waals surface area contributed by atoms with Crippen LogP contribution in [-0.2, 0) is 16.6 Å². The molecule has 2 N–H and O–H groups in total. The number of hydrogen-bond acceptors (Lipinski definition) is 2. The van der Waals surface area contributed by atoms with Crippen LogP contribution in [0.2, 0.25) is 0 Å². The lowest BCUT2D eigenvalue weighted by Gasteiger charge is -2.28. The summed E-state index contributed by atoms with van der Waals surface area (Å²) < 4.78 is 0. The molecule has 0 saturated carbocycles. The Morgan fingerprint density at radius 2 is 2.06 bits per heavy atom. The Bertz CT molecular complexity index is 383. The molecule has 0 aromatic heterocycles. The normalized spacial score (nSPS) is 13.5. The first-order valence-electron chi connectivity index (χ1n) is 5.40. The minimum Gasteiger partial charge on any atom is -0.479 e. The summed E-state index contributed by atoms with van der Waals surface area (Å²) in [4.78, 5) is 10.8. The van der Waals surface area contributed by atoms with Crippen molar-refractivity contribution < 1.29 is 15.0 Å². The summed E-state index contributed by atoms with van der Waals surface area (Å²) in [5.74, 6) is -1.19. The van der Waals surface area contributed by atoms with Crippen LogP contribution in [0.15, 0.2) is 24.3 Å². The second-order valence-corrected chi connectivity index (χ2v) is 4.52. The van der Waals surface area contributed by atoms with Gasteiger partial charge in [0.2, 0.25) is 0 Å². The Kier molecular flexibility index (Phi) is 3.70. The Morgan fingerprint density at radius 1 is 1.44 bits per heavy atom. The standard InChI is InChI=1S/C13H18O3/c1-4-9-6-5-7-10(8-9)13(2,3)11(14)12(15)16/h5-8,11,14H,4H2,1-3H3,(H,15,16). The molecule has 3 heteroatoms. The fourth-order valence-corrected chi connectivity index (χ4v) is 1.66. The van der Waals surface area contributed by atoms with Crippen molar-refractivity contribution in [2.75, 3.05) is 0 Å². The fraction of sp³-hybridized carbons (Fsp3) is 0.462. The van der Waals surface area contributed by atoms with Crippen LogP contribution in [0, 0.1) is 0 Å². The topological polar surface area (TPSA) is 57.5 Å². The Balaban J connectivity index is 3.10. The molecule has 0 radical (unpaired) electrons. The number of aliphatic hydroxyl groups excluding tert-OH is 1. The number of carbonyl (C=O) groups is 1. The predicted octanol–water partition coefficient (Wildman–Crippen LogP) is 1.97. The van der Waals surface area contributed by atoms with E-state index >= 15 is 0 Å². The molecule has 0 spiro atoms. The molecule has 1 atom stereocenters. The third-order valence-corrected chi connectivity index (χ3v) is 3.00. The molecule has 88 valence electrons. The van der Waals surface area contributed by atoms with Gasteiger partial charge in [0.05, 0.1) is 0 Å². The average Bonchev–Trinajstić information content (AvgIpc) is 2.27. The molecule has 0 aliphatic heterocycles. The van der Waals surface area contributed by atoms with Crippen LogP contribution in [0.1, 0.15) is 31.9 Å². The van der Waals surface area contributed by atoms with Gasteiger partial charge < -0.3 is 10.2 Å². The van der Waals surface area contributed by atoms with Crippen LogP contribution >= 0.6 is 0 Å². The van der Waals surface area contributed by atoms with E-state index in [0.717, 1.165) is 17.5 Å². The Labute approximate surface area is 95.7 Å². The molecular formula is C13H18O3. The van der Waals surface area contributed by atoms with Crippen LogP contribution in [-0.4, -0.2) is 22.3 Å². The molecular weight excluding hydrogens is 204 g/mol. The van der Waals surface area contributed by atoms with E-state index in [4.69, 9.17) is 5.11 Å². The van der Waals surface area contributed by atoms with Crippen molar-refractivity contribution in [3.8, 4) is 0 Å². The van der Waals surface area contributed by atoms with Gasteiger partial charge in [-0.15, -0.1) is 0 Å². The summed E-state index contributed by atoms with van der Waals surface area (Å²) in [5, 5.41) is 18.5. The molecule has 0 bridgehead atoms. The first-order valence-corrected chi connectivity index (χ1v) is 5.40. The summed E-state index contributed by atoms with van der Waals surface area (Å²) >= 11 is 0. The van der Waals surface area contributed by atoms with Crippen molar-refractivity contribution in [2.24, 2.45) is 0 Å². The van der Waals surface area contributed by atoms with E-state index in [0.29, 0.717) is 0 Å². The summed E-state index contributed by atoms with van der Waals surface area (Å²) in [7, 11) is 0. The van der Waals surface area contributed by atoms with Crippen molar-refractivity contribution in [1.82, 2.24) is 0 Å². The molecule has 0 amide bonds. The van der Waals surface area contributed by atoms with Crippen molar-refractivity contribution in [3.05, 3.63) is 35.4 Å². The smallest absolute Gasteiger partial charge is 0.333 e. The SMILES string of the molecule is CCc1cccc(C(C)(C)C(O)C(=O)O)c1. The van der Waals surface area contributed by atoms with E-state index in [-0.39, 0.29) is 0 Å². The van der Waals surface area contributed by atoms with Crippen molar-refractivity contribution in [2.45, 2.75) is 38.7 Å². The minimum atomic E-state index is -1.39. The lowest BCUT2D eigenvalue weighted by molar-refractivity contribution is -0.150. The van der Waals surface area contributed by atoms with Gasteiger partial charge in [-0.3, -0.25) is 0 Å². The molecule has 0 heterocycles. The maximum Gasteiger partial charge on any atom is 0.333 e. The number of carboxylic acid groups (broad SMARTS) is 1. The lowest BCUT2D eigenvalue weighted by atomic mass is 9.78. The molecule has 1 unspecified atom stereocenters. The molecule has 1 aromatic rings. The van der Waals surface area contributed by atoms with Gasteiger partial charge >= 0.3 is 5.97 Å². The summed E-state index contributed by atoms with van der Waals surface area (Å²) in [5.41, 5.74) is 1.21.